The first-order chi connectivity index (χ1) is 25.7. The van der Waals surface area contributed by atoms with Crippen molar-refractivity contribution in [3.63, 3.8) is 0 Å². The molecular weight excluding hydrogens is 717 g/mol. The maximum atomic E-state index is 13.5. The highest BCUT2D eigenvalue weighted by Crippen LogP contribution is 2.39. The van der Waals surface area contributed by atoms with E-state index in [1.807, 2.05) is 36.4 Å². The minimum atomic E-state index is -3.12. The molecule has 290 valence electrons. The lowest BCUT2D eigenvalue weighted by atomic mass is 10.1. The van der Waals surface area contributed by atoms with Gasteiger partial charge in [0, 0.05) is 27.9 Å². The second kappa shape index (κ2) is 17.8. The summed E-state index contributed by atoms with van der Waals surface area (Å²) in [4.78, 5) is 49.9. The molecule has 5 rings (SSSR count). The minimum absolute atomic E-state index is 0.0492. The monoisotopic (exact) mass is 764 g/mol. The molecule has 3 aromatic carbocycles. The predicted molar refractivity (Wildman–Crippen MR) is 196 cm³/mol. The molecule has 0 amide bonds. The maximum Gasteiger partial charge on any atom is 0.338 e. The first-order valence-electron chi connectivity index (χ1n) is 17.7. The van der Waals surface area contributed by atoms with Crippen molar-refractivity contribution >= 4 is 42.6 Å². The van der Waals surface area contributed by atoms with Gasteiger partial charge in [0.2, 0.25) is 0 Å². The van der Waals surface area contributed by atoms with Crippen LogP contribution >= 0.6 is 0 Å². The molecule has 0 bridgehead atoms. The van der Waals surface area contributed by atoms with Gasteiger partial charge in [-0.3, -0.25) is 14.4 Å². The van der Waals surface area contributed by atoms with E-state index < -0.39 is 81.4 Å². The fourth-order valence-electron chi connectivity index (χ4n) is 6.98. The van der Waals surface area contributed by atoms with Crippen LogP contribution in [0.1, 0.15) is 51.9 Å². The lowest BCUT2D eigenvalue weighted by Gasteiger charge is -2.43. The fraction of sp³-hybridized carbons (Fsp3) is 0.450. The van der Waals surface area contributed by atoms with E-state index in [9.17, 15) is 19.2 Å². The van der Waals surface area contributed by atoms with Crippen molar-refractivity contribution in [1.29, 1.82) is 0 Å². The van der Waals surface area contributed by atoms with Crippen LogP contribution in [0.4, 0.5) is 0 Å². The second-order valence-corrected chi connectivity index (χ2v) is 18.4. The molecule has 0 unspecified atom stereocenters. The molecule has 0 N–H and O–H groups in total. The number of rotatable bonds is 14. The summed E-state index contributed by atoms with van der Waals surface area (Å²) in [5, 5.41) is 1.67. The molecule has 8 atom stereocenters. The Bertz CT molecular complexity index is 1680. The molecule has 54 heavy (non-hydrogen) atoms. The summed E-state index contributed by atoms with van der Waals surface area (Å²) in [5.74, 6) is -2.67. The molecule has 2 aliphatic rings. The van der Waals surface area contributed by atoms with E-state index in [1.54, 1.807) is 30.3 Å². The molecule has 0 radical (unpaired) electrons. The number of hydrogen-bond donors (Lipinski definition) is 0. The lowest BCUT2D eigenvalue weighted by molar-refractivity contribution is -0.222. The number of methoxy groups -OCH3 is 1. The van der Waals surface area contributed by atoms with Crippen LogP contribution in [-0.4, -0.2) is 102 Å². The average molecular weight is 765 g/mol. The van der Waals surface area contributed by atoms with E-state index in [0.29, 0.717) is 0 Å². The van der Waals surface area contributed by atoms with E-state index in [0.717, 1.165) is 10.4 Å². The first kappa shape index (κ1) is 40.7. The van der Waals surface area contributed by atoms with Crippen molar-refractivity contribution in [2.24, 2.45) is 0 Å². The van der Waals surface area contributed by atoms with Crippen LogP contribution in [-0.2, 0) is 56.7 Å². The van der Waals surface area contributed by atoms with Crippen LogP contribution in [0.15, 0.2) is 91.0 Å². The van der Waals surface area contributed by atoms with Crippen molar-refractivity contribution in [2.75, 3.05) is 20.3 Å². The molecule has 14 heteroatoms. The Morgan fingerprint density at radius 2 is 1.09 bits per heavy atom. The Morgan fingerprint density at radius 1 is 0.611 bits per heavy atom. The third-order valence-electron chi connectivity index (χ3n) is 9.25. The smallest absolute Gasteiger partial charge is 0.338 e. The van der Waals surface area contributed by atoms with Gasteiger partial charge >= 0.3 is 23.9 Å². The molecule has 0 saturated carbocycles. The largest absolute Gasteiger partial charge is 0.463 e. The number of carbonyl (C=O) groups excluding carboxylic acids is 4. The van der Waals surface area contributed by atoms with Gasteiger partial charge in [-0.15, -0.1) is 0 Å². The Labute approximate surface area is 316 Å². The Hall–Kier alpha value is -4.44. The molecule has 3 aromatic rings. The van der Waals surface area contributed by atoms with Gasteiger partial charge < -0.3 is 42.3 Å². The van der Waals surface area contributed by atoms with Crippen molar-refractivity contribution in [3.05, 3.63) is 96.6 Å². The average Bonchev–Trinajstić information content (AvgIpc) is 3.63. The zero-order chi connectivity index (χ0) is 39.0. The fourth-order valence-corrected chi connectivity index (χ4v) is 11.5. The predicted octanol–water partition coefficient (Wildman–Crippen LogP) is 3.70. The quantitative estimate of drug-likeness (QED) is 0.134. The van der Waals surface area contributed by atoms with Crippen LogP contribution < -0.4 is 10.4 Å². The molecular formula is C40H48O13Si. The summed E-state index contributed by atoms with van der Waals surface area (Å²) in [5.41, 5.74) is 0.282. The number of hydrogen-bond acceptors (Lipinski definition) is 13. The molecule has 0 spiro atoms. The summed E-state index contributed by atoms with van der Waals surface area (Å²) in [6.07, 6.45) is -9.39. The molecule has 2 heterocycles. The highest BCUT2D eigenvalue weighted by molar-refractivity contribution is 6.99. The Morgan fingerprint density at radius 3 is 1.59 bits per heavy atom. The van der Waals surface area contributed by atoms with Crippen LogP contribution in [0.25, 0.3) is 0 Å². The third-order valence-corrected chi connectivity index (χ3v) is 14.3. The summed E-state index contributed by atoms with van der Waals surface area (Å²) in [6, 6.07) is 28.5. The topological polar surface area (TPSA) is 151 Å². The highest BCUT2D eigenvalue weighted by Gasteiger charge is 2.57. The van der Waals surface area contributed by atoms with Crippen molar-refractivity contribution < 1.29 is 61.5 Å². The maximum absolute atomic E-state index is 13.5. The lowest BCUT2D eigenvalue weighted by Crippen LogP contribution is -2.67. The zero-order valence-corrected chi connectivity index (χ0v) is 32.5. The molecule has 13 nitrogen and oxygen atoms in total. The van der Waals surface area contributed by atoms with Gasteiger partial charge in [-0.05, 0) is 27.5 Å². The standard InChI is InChI=1S/C40H48O13Si/c1-25(41)46-23-31-33(48-26(2)42)36(49-27(3)43)39(51-31)53-34-32(50-38(45-7)35(34)52-37(44)28-17-11-8-12-18-28)24-47-54(40(4,5)6,29-19-13-9-14-20-29)30-21-15-10-16-22-30/h8-22,31-36,38-39H,23-24H2,1-7H3/t31-,32-,33+,34-,35+,36+,38+,39-/m1/s1. The van der Waals surface area contributed by atoms with Gasteiger partial charge in [0.25, 0.3) is 8.32 Å². The summed E-state index contributed by atoms with van der Waals surface area (Å²) >= 11 is 0. The zero-order valence-electron chi connectivity index (χ0n) is 31.5. The summed E-state index contributed by atoms with van der Waals surface area (Å²) in [7, 11) is -1.70. The van der Waals surface area contributed by atoms with Crippen molar-refractivity contribution in [2.45, 2.75) is 95.8 Å². The SMILES string of the molecule is CO[C@H]1O[C@H](CO[Si](c2ccccc2)(c2ccccc2)C(C)(C)C)[C@@H](O[C@H]2O[C@H](COC(C)=O)[C@H](OC(C)=O)[C@@H]2OC(C)=O)[C@@H]1OC(=O)c1ccccc1. The normalized spacial score (nSPS) is 25.5. The van der Waals surface area contributed by atoms with Gasteiger partial charge in [0.1, 0.15) is 24.9 Å². The van der Waals surface area contributed by atoms with Crippen LogP contribution in [0.2, 0.25) is 5.04 Å². The van der Waals surface area contributed by atoms with Crippen molar-refractivity contribution in [1.82, 2.24) is 0 Å². The van der Waals surface area contributed by atoms with E-state index >= 15 is 0 Å². The van der Waals surface area contributed by atoms with Gasteiger partial charge in [-0.25, -0.2) is 4.79 Å². The van der Waals surface area contributed by atoms with Crippen LogP contribution in [0, 0.1) is 0 Å². The number of benzene rings is 3. The molecule has 2 fully saturated rings. The van der Waals surface area contributed by atoms with Gasteiger partial charge in [-0.1, -0.05) is 99.6 Å². The second-order valence-electron chi connectivity index (χ2n) is 14.1. The Balaban J connectivity index is 1.55. The summed E-state index contributed by atoms with van der Waals surface area (Å²) in [6.45, 7) is 9.62. The number of carbonyl (C=O) groups is 4. The van der Waals surface area contributed by atoms with E-state index in [-0.39, 0.29) is 23.8 Å². The molecule has 2 aliphatic heterocycles. The van der Waals surface area contributed by atoms with Gasteiger partial charge in [0.15, 0.2) is 30.9 Å². The van der Waals surface area contributed by atoms with E-state index in [1.165, 1.54) is 27.9 Å². The van der Waals surface area contributed by atoms with E-state index in [2.05, 4.69) is 45.0 Å². The number of ether oxygens (including phenoxy) is 8. The van der Waals surface area contributed by atoms with Crippen molar-refractivity contribution in [3.8, 4) is 0 Å². The number of esters is 4. The molecule has 0 aromatic heterocycles. The Kier molecular flexibility index (Phi) is 13.4. The summed E-state index contributed by atoms with van der Waals surface area (Å²) < 4.78 is 54.6. The molecule has 2 saturated heterocycles. The molecule has 0 aliphatic carbocycles. The van der Waals surface area contributed by atoms with Gasteiger partial charge in [-0.2, -0.15) is 0 Å². The highest BCUT2D eigenvalue weighted by atomic mass is 28.4. The van der Waals surface area contributed by atoms with E-state index in [4.69, 9.17) is 42.3 Å². The third kappa shape index (κ3) is 9.25. The minimum Gasteiger partial charge on any atom is -0.463 e. The van der Waals surface area contributed by atoms with Gasteiger partial charge in [0.05, 0.1) is 12.2 Å². The van der Waals surface area contributed by atoms with Crippen LogP contribution in [0.3, 0.4) is 0 Å². The van der Waals surface area contributed by atoms with Crippen LogP contribution in [0.5, 0.6) is 0 Å². The first-order valence-corrected chi connectivity index (χ1v) is 19.6.